The van der Waals surface area contributed by atoms with E-state index in [1.807, 2.05) is 50.2 Å². The Balaban J connectivity index is 1.71. The van der Waals surface area contributed by atoms with Gasteiger partial charge in [-0.25, -0.2) is 4.79 Å². The fourth-order valence-electron chi connectivity index (χ4n) is 3.13. The molecule has 0 aliphatic rings. The van der Waals surface area contributed by atoms with E-state index in [0.717, 1.165) is 16.7 Å². The van der Waals surface area contributed by atoms with E-state index in [-0.39, 0.29) is 18.1 Å². The lowest BCUT2D eigenvalue weighted by molar-refractivity contribution is -0.118. The van der Waals surface area contributed by atoms with Crippen LogP contribution >= 0.6 is 0 Å². The number of carbonyl (C=O) groups excluding carboxylic acids is 1. The number of benzene rings is 3. The van der Waals surface area contributed by atoms with E-state index in [1.54, 1.807) is 24.3 Å². The van der Waals surface area contributed by atoms with E-state index in [4.69, 9.17) is 9.47 Å². The molecule has 0 unspecified atom stereocenters. The number of nitrogens with one attached hydrogen (secondary N) is 2. The van der Waals surface area contributed by atoms with Gasteiger partial charge in [-0.3, -0.25) is 4.79 Å². The topological polar surface area (TPSA) is 96.9 Å². The molecular weight excluding hydrogens is 408 g/mol. The summed E-state index contributed by atoms with van der Waals surface area (Å²) >= 11 is 0. The highest BCUT2D eigenvalue weighted by atomic mass is 16.5. The number of rotatable bonds is 9. The van der Waals surface area contributed by atoms with E-state index < -0.39 is 5.97 Å². The smallest absolute Gasteiger partial charge is 0.335 e. The van der Waals surface area contributed by atoms with Crippen LogP contribution in [-0.2, 0) is 11.3 Å². The van der Waals surface area contributed by atoms with E-state index in [2.05, 4.69) is 10.6 Å². The van der Waals surface area contributed by atoms with E-state index in [0.29, 0.717) is 29.4 Å². The van der Waals surface area contributed by atoms with Crippen molar-refractivity contribution in [3.8, 4) is 11.5 Å². The Morgan fingerprint density at radius 3 is 2.44 bits per heavy atom. The molecule has 3 N–H and O–H groups in total. The van der Waals surface area contributed by atoms with Crippen molar-refractivity contribution in [1.29, 1.82) is 0 Å². The van der Waals surface area contributed by atoms with Gasteiger partial charge in [0.05, 0.1) is 12.7 Å². The van der Waals surface area contributed by atoms with Gasteiger partial charge in [0.1, 0.15) is 0 Å². The zero-order chi connectivity index (χ0) is 23.1. The quantitative estimate of drug-likeness (QED) is 0.454. The van der Waals surface area contributed by atoms with Gasteiger partial charge in [0.25, 0.3) is 5.91 Å². The number of carboxylic acids is 1. The summed E-state index contributed by atoms with van der Waals surface area (Å²) in [7, 11) is 1.53. The highest BCUT2D eigenvalue weighted by Crippen LogP contribution is 2.32. The zero-order valence-electron chi connectivity index (χ0n) is 18.3. The third kappa shape index (κ3) is 5.78. The minimum atomic E-state index is -0.988. The predicted octanol–water partition coefficient (Wildman–Crippen LogP) is 4.64. The average Bonchev–Trinajstić information content (AvgIpc) is 2.78. The van der Waals surface area contributed by atoms with Crippen molar-refractivity contribution < 1.29 is 24.2 Å². The molecular formula is C25H26N2O5. The standard InChI is InChI=1S/C25H26N2O5/c1-16-7-11-20(12-8-16)27-23(28)15-32-24-19(5-4-6-22(24)31-3)14-26-21-13-18(25(29)30)10-9-17(21)2/h4-13,26H,14-15H2,1-3H3,(H,27,28)(H,29,30). The molecule has 32 heavy (non-hydrogen) atoms. The van der Waals surface area contributed by atoms with E-state index >= 15 is 0 Å². The summed E-state index contributed by atoms with van der Waals surface area (Å²) in [6.07, 6.45) is 0. The number of aryl methyl sites for hydroxylation is 2. The number of carboxylic acid groups (broad SMARTS) is 1. The monoisotopic (exact) mass is 434 g/mol. The third-order valence-electron chi connectivity index (χ3n) is 4.92. The van der Waals surface area contributed by atoms with Crippen LogP contribution in [0, 0.1) is 13.8 Å². The average molecular weight is 434 g/mol. The van der Waals surface area contributed by atoms with Crippen molar-refractivity contribution in [3.63, 3.8) is 0 Å². The first-order chi connectivity index (χ1) is 15.4. The van der Waals surface area contributed by atoms with Crippen LogP contribution < -0.4 is 20.1 Å². The van der Waals surface area contributed by atoms with E-state index in [9.17, 15) is 14.7 Å². The van der Waals surface area contributed by atoms with Gasteiger partial charge in [-0.1, -0.05) is 35.9 Å². The maximum Gasteiger partial charge on any atom is 0.335 e. The Labute approximate surface area is 187 Å². The summed E-state index contributed by atoms with van der Waals surface area (Å²) < 4.78 is 11.2. The Morgan fingerprint density at radius 1 is 1.00 bits per heavy atom. The molecule has 0 saturated heterocycles. The second-order valence-electron chi connectivity index (χ2n) is 7.34. The summed E-state index contributed by atoms with van der Waals surface area (Å²) in [4.78, 5) is 23.6. The minimum Gasteiger partial charge on any atom is -0.493 e. The van der Waals surface area contributed by atoms with Crippen LogP contribution in [0.5, 0.6) is 11.5 Å². The molecule has 0 aromatic heterocycles. The lowest BCUT2D eigenvalue weighted by Gasteiger charge is -2.17. The molecule has 166 valence electrons. The van der Waals surface area contributed by atoms with Crippen molar-refractivity contribution in [2.45, 2.75) is 20.4 Å². The summed E-state index contributed by atoms with van der Waals surface area (Å²) in [5.41, 5.74) is 4.39. The van der Waals surface area contributed by atoms with Crippen molar-refractivity contribution in [2.24, 2.45) is 0 Å². The van der Waals surface area contributed by atoms with Crippen LogP contribution in [0.4, 0.5) is 11.4 Å². The van der Waals surface area contributed by atoms with Gasteiger partial charge in [-0.05, 0) is 49.7 Å². The lowest BCUT2D eigenvalue weighted by atomic mass is 10.1. The second kappa shape index (κ2) is 10.3. The fraction of sp³-hybridized carbons (Fsp3) is 0.200. The second-order valence-corrected chi connectivity index (χ2v) is 7.34. The van der Waals surface area contributed by atoms with Crippen LogP contribution in [0.25, 0.3) is 0 Å². The first-order valence-corrected chi connectivity index (χ1v) is 10.1. The van der Waals surface area contributed by atoms with Gasteiger partial charge in [-0.15, -0.1) is 0 Å². The number of carbonyl (C=O) groups is 2. The third-order valence-corrected chi connectivity index (χ3v) is 4.92. The van der Waals surface area contributed by atoms with Gasteiger partial charge < -0.3 is 25.2 Å². The molecule has 3 aromatic rings. The van der Waals surface area contributed by atoms with Crippen LogP contribution in [-0.4, -0.2) is 30.7 Å². The molecule has 0 heterocycles. The fourth-order valence-corrected chi connectivity index (χ4v) is 3.13. The van der Waals surface area contributed by atoms with Crippen molar-refractivity contribution in [1.82, 2.24) is 0 Å². The Hall–Kier alpha value is -4.00. The summed E-state index contributed by atoms with van der Waals surface area (Å²) in [5.74, 6) is -0.321. The Morgan fingerprint density at radius 2 is 1.75 bits per heavy atom. The molecule has 0 saturated carbocycles. The van der Waals surface area contributed by atoms with E-state index in [1.165, 1.54) is 7.11 Å². The molecule has 0 aliphatic heterocycles. The number of amides is 1. The summed E-state index contributed by atoms with van der Waals surface area (Å²) in [5, 5.41) is 15.3. The maximum atomic E-state index is 12.4. The number of hydrogen-bond acceptors (Lipinski definition) is 5. The van der Waals surface area contributed by atoms with Gasteiger partial charge in [-0.2, -0.15) is 0 Å². The first-order valence-electron chi connectivity index (χ1n) is 10.1. The maximum absolute atomic E-state index is 12.4. The van der Waals surface area contributed by atoms with Gasteiger partial charge >= 0.3 is 5.97 Å². The lowest BCUT2D eigenvalue weighted by Crippen LogP contribution is -2.21. The Bertz CT molecular complexity index is 1110. The molecule has 0 spiro atoms. The molecule has 1 amide bonds. The molecule has 0 atom stereocenters. The number of methoxy groups -OCH3 is 1. The Kier molecular flexibility index (Phi) is 7.33. The van der Waals surface area contributed by atoms with Gasteiger partial charge in [0.2, 0.25) is 0 Å². The number of anilines is 2. The molecule has 3 rings (SSSR count). The SMILES string of the molecule is COc1cccc(CNc2cc(C(=O)O)ccc2C)c1OCC(=O)Nc1ccc(C)cc1. The number of ether oxygens (including phenoxy) is 2. The molecule has 7 nitrogen and oxygen atoms in total. The minimum absolute atomic E-state index is 0.186. The predicted molar refractivity (Wildman–Crippen MR) is 124 cm³/mol. The van der Waals surface area contributed by atoms with Crippen LogP contribution in [0.3, 0.4) is 0 Å². The summed E-state index contributed by atoms with van der Waals surface area (Å²) in [6, 6.07) is 17.9. The normalized spacial score (nSPS) is 10.3. The summed E-state index contributed by atoms with van der Waals surface area (Å²) in [6.45, 7) is 4.04. The molecule has 0 fully saturated rings. The van der Waals surface area contributed by atoms with Crippen LogP contribution in [0.1, 0.15) is 27.0 Å². The van der Waals surface area contributed by atoms with Crippen LogP contribution in [0.2, 0.25) is 0 Å². The molecule has 3 aromatic carbocycles. The zero-order valence-corrected chi connectivity index (χ0v) is 18.3. The van der Waals surface area contributed by atoms with Crippen LogP contribution in [0.15, 0.2) is 60.7 Å². The van der Waals surface area contributed by atoms with Crippen molar-refractivity contribution >= 4 is 23.3 Å². The first kappa shape index (κ1) is 22.7. The highest BCUT2D eigenvalue weighted by Gasteiger charge is 2.14. The molecule has 7 heteroatoms. The number of aromatic carboxylic acids is 1. The largest absolute Gasteiger partial charge is 0.493 e. The van der Waals surface area contributed by atoms with Crippen molar-refractivity contribution in [2.75, 3.05) is 24.4 Å². The molecule has 0 aliphatic carbocycles. The number of hydrogen-bond donors (Lipinski definition) is 3. The van der Waals surface area contributed by atoms with Gasteiger partial charge in [0.15, 0.2) is 18.1 Å². The van der Waals surface area contributed by atoms with Gasteiger partial charge in [0, 0.05) is 23.5 Å². The number of para-hydroxylation sites is 1. The molecule has 0 bridgehead atoms. The molecule has 0 radical (unpaired) electrons. The van der Waals surface area contributed by atoms with Crippen molar-refractivity contribution in [3.05, 3.63) is 82.9 Å². The highest BCUT2D eigenvalue weighted by molar-refractivity contribution is 5.92.